The number of carbonyl (C=O) groups excluding carboxylic acids is 2. The molecule has 0 fully saturated rings. The van der Waals surface area contributed by atoms with Crippen LogP contribution in [0.3, 0.4) is 0 Å². The number of hydrogen-bond acceptors (Lipinski definition) is 8. The van der Waals surface area contributed by atoms with Gasteiger partial charge in [0.1, 0.15) is 37.0 Å². The fourth-order valence-corrected chi connectivity index (χ4v) is 4.54. The molecule has 216 valence electrons. The number of benzene rings is 2. The van der Waals surface area contributed by atoms with Crippen LogP contribution in [0.5, 0.6) is 11.5 Å². The Balaban J connectivity index is 1.54. The van der Waals surface area contributed by atoms with Crippen LogP contribution in [-0.4, -0.2) is 74.7 Å². The van der Waals surface area contributed by atoms with Gasteiger partial charge in [-0.05, 0) is 11.6 Å². The molecule has 3 aromatic rings. The first kappa shape index (κ1) is 28.1. The average molecular weight is 567 g/mol. The first-order chi connectivity index (χ1) is 19.9. The van der Waals surface area contributed by atoms with E-state index in [1.807, 2.05) is 30.3 Å². The van der Waals surface area contributed by atoms with E-state index >= 15 is 0 Å². The molecule has 5 rings (SSSR count). The van der Waals surface area contributed by atoms with Gasteiger partial charge in [0.25, 0.3) is 11.8 Å². The molecule has 0 radical (unpaired) electrons. The summed E-state index contributed by atoms with van der Waals surface area (Å²) in [6.07, 6.45) is 1.35. The molecule has 3 heterocycles. The molecule has 0 saturated carbocycles. The number of hydrogen-bond donors (Lipinski definition) is 1. The topological polar surface area (TPSA) is 112 Å². The summed E-state index contributed by atoms with van der Waals surface area (Å²) in [6.45, 7) is 1.93. The van der Waals surface area contributed by atoms with E-state index in [1.165, 1.54) is 34.0 Å². The van der Waals surface area contributed by atoms with Crippen molar-refractivity contribution in [1.82, 2.24) is 14.9 Å². The second-order valence-electron chi connectivity index (χ2n) is 9.55. The summed E-state index contributed by atoms with van der Waals surface area (Å²) >= 11 is 0. The summed E-state index contributed by atoms with van der Waals surface area (Å²) < 4.78 is 38.3. The van der Waals surface area contributed by atoms with Gasteiger partial charge >= 0.3 is 0 Å². The van der Waals surface area contributed by atoms with E-state index in [2.05, 4.69) is 5.32 Å². The maximum atomic E-state index is 13.9. The summed E-state index contributed by atoms with van der Waals surface area (Å²) in [6, 6.07) is 13.2. The summed E-state index contributed by atoms with van der Waals surface area (Å²) in [5, 5.41) is 4.51. The largest absolute Gasteiger partial charge is 0.491 e. The molecule has 11 nitrogen and oxygen atoms in total. The maximum Gasteiger partial charge on any atom is 0.277 e. The Morgan fingerprint density at radius 2 is 1.73 bits per heavy atom. The number of nitrogens with zero attached hydrogens (tertiary/aromatic N) is 3. The molecule has 2 bridgehead atoms. The number of carbonyl (C=O) groups is 2. The van der Waals surface area contributed by atoms with Crippen molar-refractivity contribution in [3.8, 4) is 11.5 Å². The van der Waals surface area contributed by atoms with Gasteiger partial charge in [0.15, 0.2) is 11.4 Å². The fourth-order valence-electron chi connectivity index (χ4n) is 4.54. The number of halogens is 1. The van der Waals surface area contributed by atoms with Gasteiger partial charge in [-0.25, -0.2) is 4.39 Å². The van der Waals surface area contributed by atoms with Crippen molar-refractivity contribution in [3.05, 3.63) is 93.2 Å². The highest BCUT2D eigenvalue weighted by atomic mass is 19.1. The number of amides is 2. The van der Waals surface area contributed by atoms with Crippen LogP contribution in [0, 0.1) is 5.82 Å². The molecule has 12 heteroatoms. The standard InChI is InChI=1S/C29H31FN4O7/c1-32-19-33-9-10-38-11-12-39-13-14-40-24-15-22(30)8-7-21(24)16-31-28(36)23-17-34(33)25(29(32)37)27(26(23)35)41-18-20-5-3-2-4-6-20/h2-8,15,17H,9-14,16,18-19H2,1H3,(H,31,36). The lowest BCUT2D eigenvalue weighted by Crippen LogP contribution is -2.54. The van der Waals surface area contributed by atoms with Crippen molar-refractivity contribution in [1.29, 1.82) is 0 Å². The van der Waals surface area contributed by atoms with E-state index in [0.717, 1.165) is 5.56 Å². The van der Waals surface area contributed by atoms with Crippen LogP contribution in [0.2, 0.25) is 0 Å². The van der Waals surface area contributed by atoms with Gasteiger partial charge in [-0.1, -0.05) is 36.4 Å². The van der Waals surface area contributed by atoms with Crippen molar-refractivity contribution in [3.63, 3.8) is 0 Å². The van der Waals surface area contributed by atoms with Gasteiger partial charge in [-0.3, -0.25) is 24.1 Å². The predicted octanol–water partition coefficient (Wildman–Crippen LogP) is 1.90. The first-order valence-electron chi connectivity index (χ1n) is 13.2. The van der Waals surface area contributed by atoms with E-state index in [-0.39, 0.29) is 55.8 Å². The maximum absolute atomic E-state index is 13.9. The molecule has 0 atom stereocenters. The number of aromatic nitrogens is 1. The highest BCUT2D eigenvalue weighted by Gasteiger charge is 2.34. The van der Waals surface area contributed by atoms with E-state index in [9.17, 15) is 18.8 Å². The molecular weight excluding hydrogens is 535 g/mol. The predicted molar refractivity (Wildman–Crippen MR) is 146 cm³/mol. The van der Waals surface area contributed by atoms with E-state index < -0.39 is 23.1 Å². The van der Waals surface area contributed by atoms with Gasteiger partial charge in [-0.2, -0.15) is 0 Å². The lowest BCUT2D eigenvalue weighted by molar-refractivity contribution is 0.0360. The molecule has 0 aliphatic carbocycles. The van der Waals surface area contributed by atoms with Gasteiger partial charge in [0.2, 0.25) is 5.43 Å². The van der Waals surface area contributed by atoms with Crippen LogP contribution in [0.1, 0.15) is 32.0 Å². The normalized spacial score (nSPS) is 16.6. The van der Waals surface area contributed by atoms with E-state index in [0.29, 0.717) is 31.9 Å². The number of fused-ring (bicyclic) bond motifs is 2. The van der Waals surface area contributed by atoms with Crippen molar-refractivity contribution in [2.24, 2.45) is 0 Å². The minimum Gasteiger partial charge on any atom is -0.491 e. The quantitative estimate of drug-likeness (QED) is 0.512. The summed E-state index contributed by atoms with van der Waals surface area (Å²) in [5.74, 6) is -1.57. The van der Waals surface area contributed by atoms with Crippen LogP contribution in [0.15, 0.2) is 59.5 Å². The number of rotatable bonds is 3. The minimum atomic E-state index is -0.716. The SMILES string of the molecule is CN1CN2CCOCCOCCOc3cc(F)ccc3CNC(=O)c3cn2c(c(OCc2ccccc2)c3=O)C1=O. The highest BCUT2D eigenvalue weighted by Crippen LogP contribution is 2.24. The Labute approximate surface area is 235 Å². The smallest absolute Gasteiger partial charge is 0.277 e. The van der Waals surface area contributed by atoms with Crippen molar-refractivity contribution in [2.75, 3.05) is 58.3 Å². The third-order valence-corrected chi connectivity index (χ3v) is 6.67. The number of nitrogens with one attached hydrogen (secondary N) is 1. The molecule has 0 unspecified atom stereocenters. The Hall–Kier alpha value is -4.42. The molecule has 0 saturated heterocycles. The first-order valence-corrected chi connectivity index (χ1v) is 13.2. The Morgan fingerprint density at radius 3 is 2.54 bits per heavy atom. The van der Waals surface area contributed by atoms with Crippen LogP contribution < -0.4 is 25.2 Å². The van der Waals surface area contributed by atoms with Gasteiger partial charge in [0, 0.05) is 31.4 Å². The molecule has 0 spiro atoms. The van der Waals surface area contributed by atoms with E-state index in [1.54, 1.807) is 12.1 Å². The number of ether oxygens (including phenoxy) is 4. The molecule has 2 aromatic carbocycles. The summed E-state index contributed by atoms with van der Waals surface area (Å²) in [4.78, 5) is 41.9. The Kier molecular flexibility index (Phi) is 8.80. The Bertz CT molecular complexity index is 1460. The molecule has 2 aliphatic rings. The summed E-state index contributed by atoms with van der Waals surface area (Å²) in [5.41, 5.74) is 0.394. The van der Waals surface area contributed by atoms with Crippen molar-refractivity contribution < 1.29 is 32.9 Å². The lowest BCUT2D eigenvalue weighted by Gasteiger charge is -2.38. The molecule has 1 aromatic heterocycles. The Morgan fingerprint density at radius 1 is 0.976 bits per heavy atom. The molecule has 1 N–H and O–H groups in total. The van der Waals surface area contributed by atoms with Crippen LogP contribution in [0.4, 0.5) is 4.39 Å². The van der Waals surface area contributed by atoms with Crippen LogP contribution in [-0.2, 0) is 22.6 Å². The van der Waals surface area contributed by atoms with Gasteiger partial charge in [0.05, 0.1) is 33.0 Å². The molecule has 2 amide bonds. The third-order valence-electron chi connectivity index (χ3n) is 6.67. The van der Waals surface area contributed by atoms with E-state index in [4.69, 9.17) is 18.9 Å². The monoisotopic (exact) mass is 566 g/mol. The fraction of sp³-hybridized carbons (Fsp3) is 0.345. The van der Waals surface area contributed by atoms with Crippen molar-refractivity contribution >= 4 is 11.8 Å². The van der Waals surface area contributed by atoms with Gasteiger partial charge < -0.3 is 29.2 Å². The second-order valence-corrected chi connectivity index (χ2v) is 9.55. The van der Waals surface area contributed by atoms with Gasteiger partial charge in [-0.15, -0.1) is 0 Å². The average Bonchev–Trinajstić information content (AvgIpc) is 2.97. The molecular formula is C29H31FN4O7. The zero-order valence-electron chi connectivity index (χ0n) is 22.6. The number of pyridine rings is 1. The zero-order valence-corrected chi connectivity index (χ0v) is 22.6. The lowest BCUT2D eigenvalue weighted by atomic mass is 10.1. The third kappa shape index (κ3) is 6.50. The van der Waals surface area contributed by atoms with Crippen molar-refractivity contribution in [2.45, 2.75) is 13.2 Å². The molecule has 41 heavy (non-hydrogen) atoms. The van der Waals surface area contributed by atoms with Crippen LogP contribution >= 0.6 is 0 Å². The second kappa shape index (κ2) is 12.8. The zero-order chi connectivity index (χ0) is 28.8. The molecule has 2 aliphatic heterocycles. The minimum absolute atomic E-state index is 0.0168. The summed E-state index contributed by atoms with van der Waals surface area (Å²) in [7, 11) is 1.63. The highest BCUT2D eigenvalue weighted by molar-refractivity contribution is 5.99. The van der Waals surface area contributed by atoms with Crippen LogP contribution in [0.25, 0.3) is 0 Å².